The minimum atomic E-state index is 0.0428. The van der Waals surface area contributed by atoms with Gasteiger partial charge in [-0.15, -0.1) is 0 Å². The van der Waals surface area contributed by atoms with Gasteiger partial charge < -0.3 is 15.0 Å². The van der Waals surface area contributed by atoms with Crippen LogP contribution in [0.5, 0.6) is 0 Å². The number of nitrogens with one attached hydrogen (secondary N) is 1. The zero-order valence-electron chi connectivity index (χ0n) is 15.0. The molecule has 1 aromatic heterocycles. The number of likely N-dealkylation sites (tertiary alicyclic amines) is 1. The van der Waals surface area contributed by atoms with Crippen LogP contribution in [-0.4, -0.2) is 46.5 Å². The molecule has 1 unspecified atom stereocenters. The Morgan fingerprint density at radius 3 is 2.68 bits per heavy atom. The highest BCUT2D eigenvalue weighted by Gasteiger charge is 2.30. The van der Waals surface area contributed by atoms with Crippen LogP contribution in [0.3, 0.4) is 0 Å². The Morgan fingerprint density at radius 2 is 1.96 bits per heavy atom. The number of piperidine rings is 1. The molecule has 1 aromatic rings. The van der Waals surface area contributed by atoms with Crippen molar-refractivity contribution in [3.05, 3.63) is 18.0 Å². The van der Waals surface area contributed by atoms with Crippen LogP contribution in [-0.2, 0) is 11.3 Å². The van der Waals surface area contributed by atoms with Crippen LogP contribution in [0, 0.1) is 5.92 Å². The van der Waals surface area contributed by atoms with E-state index in [9.17, 15) is 4.79 Å². The van der Waals surface area contributed by atoms with Crippen molar-refractivity contribution >= 4 is 6.03 Å². The Hall–Kier alpha value is -1.56. The second-order valence-electron chi connectivity index (χ2n) is 7.76. The highest BCUT2D eigenvalue weighted by atomic mass is 16.5. The van der Waals surface area contributed by atoms with Gasteiger partial charge in [0.25, 0.3) is 0 Å². The van der Waals surface area contributed by atoms with E-state index in [2.05, 4.69) is 21.3 Å². The monoisotopic (exact) mass is 346 g/mol. The maximum absolute atomic E-state index is 12.4. The summed E-state index contributed by atoms with van der Waals surface area (Å²) in [6.07, 6.45) is 12.1. The molecule has 0 aromatic carbocycles. The van der Waals surface area contributed by atoms with Crippen molar-refractivity contribution in [1.82, 2.24) is 20.0 Å². The smallest absolute Gasteiger partial charge is 0.317 e. The fourth-order valence-corrected chi connectivity index (χ4v) is 4.57. The molecule has 4 rings (SSSR count). The van der Waals surface area contributed by atoms with Crippen molar-refractivity contribution in [2.24, 2.45) is 5.92 Å². The molecule has 0 radical (unpaired) electrons. The zero-order valence-corrected chi connectivity index (χ0v) is 15.0. The Balaban J connectivity index is 1.21. The lowest BCUT2D eigenvalue weighted by Gasteiger charge is -2.34. The van der Waals surface area contributed by atoms with Gasteiger partial charge >= 0.3 is 6.03 Å². The number of rotatable bonds is 4. The molecule has 1 N–H and O–H groups in total. The molecule has 3 aliphatic rings. The number of hydrogen-bond acceptors (Lipinski definition) is 3. The Morgan fingerprint density at radius 1 is 1.16 bits per heavy atom. The van der Waals surface area contributed by atoms with Gasteiger partial charge in [0.1, 0.15) is 0 Å². The summed E-state index contributed by atoms with van der Waals surface area (Å²) >= 11 is 0. The van der Waals surface area contributed by atoms with Crippen LogP contribution in [0.1, 0.15) is 63.1 Å². The van der Waals surface area contributed by atoms with Crippen molar-refractivity contribution in [2.45, 2.75) is 70.1 Å². The molecule has 2 saturated heterocycles. The summed E-state index contributed by atoms with van der Waals surface area (Å²) in [5.74, 6) is 0.633. The van der Waals surface area contributed by atoms with Gasteiger partial charge in [0.05, 0.1) is 24.4 Å². The summed E-state index contributed by atoms with van der Waals surface area (Å²) in [5.41, 5.74) is 0.953. The molecule has 1 aliphatic carbocycles. The number of ether oxygens (including phenoxy) is 1. The molecule has 138 valence electrons. The normalized spacial score (nSPS) is 25.6. The summed E-state index contributed by atoms with van der Waals surface area (Å²) in [4.78, 5) is 14.4. The van der Waals surface area contributed by atoms with Crippen LogP contribution in [0.25, 0.3) is 0 Å². The summed E-state index contributed by atoms with van der Waals surface area (Å²) in [6.45, 7) is 3.11. The lowest BCUT2D eigenvalue weighted by Crippen LogP contribution is -2.45. The van der Waals surface area contributed by atoms with Crippen LogP contribution < -0.4 is 5.32 Å². The van der Waals surface area contributed by atoms with E-state index >= 15 is 0 Å². The molecule has 2 aliphatic heterocycles. The molecule has 25 heavy (non-hydrogen) atoms. The fourth-order valence-electron chi connectivity index (χ4n) is 4.57. The molecule has 6 nitrogen and oxygen atoms in total. The predicted molar refractivity (Wildman–Crippen MR) is 95.2 cm³/mol. The summed E-state index contributed by atoms with van der Waals surface area (Å²) in [5, 5.41) is 7.68. The quantitative estimate of drug-likeness (QED) is 0.911. The Kier molecular flexibility index (Phi) is 5.25. The highest BCUT2D eigenvalue weighted by Crippen LogP contribution is 2.29. The average molecular weight is 346 g/mol. The maximum Gasteiger partial charge on any atom is 0.317 e. The van der Waals surface area contributed by atoms with E-state index in [1.807, 2.05) is 11.0 Å². The third-order valence-electron chi connectivity index (χ3n) is 6.10. The number of urea groups is 1. The van der Waals surface area contributed by atoms with Crippen LogP contribution in [0.15, 0.2) is 12.3 Å². The van der Waals surface area contributed by atoms with Crippen molar-refractivity contribution < 1.29 is 9.53 Å². The molecule has 6 heteroatoms. The van der Waals surface area contributed by atoms with Crippen molar-refractivity contribution in [2.75, 3.05) is 19.7 Å². The first kappa shape index (κ1) is 16.9. The standard InChI is InChI=1S/C19H30N4O2/c24-19(22-10-7-15(8-11-22)18-6-3-13-25-18)20-14-16-9-12-23(21-16)17-4-1-2-5-17/h9,12,15,17-18H,1-8,10-11,13-14H2,(H,20,24). The van der Waals surface area contributed by atoms with E-state index in [1.54, 1.807) is 0 Å². The first-order chi connectivity index (χ1) is 12.3. The van der Waals surface area contributed by atoms with Gasteiger partial charge in [-0.05, 0) is 50.5 Å². The maximum atomic E-state index is 12.4. The number of carbonyl (C=O) groups is 1. The van der Waals surface area contributed by atoms with Gasteiger partial charge in [0.15, 0.2) is 0 Å². The minimum absolute atomic E-state index is 0.0428. The lowest BCUT2D eigenvalue weighted by atomic mass is 9.90. The number of carbonyl (C=O) groups excluding carboxylic acids is 1. The van der Waals surface area contributed by atoms with Crippen LogP contribution >= 0.6 is 0 Å². The van der Waals surface area contributed by atoms with Gasteiger partial charge in [-0.2, -0.15) is 5.10 Å². The first-order valence-electron chi connectivity index (χ1n) is 9.98. The fraction of sp³-hybridized carbons (Fsp3) is 0.789. The van der Waals surface area contributed by atoms with Gasteiger partial charge in [-0.3, -0.25) is 4.68 Å². The number of amides is 2. The SMILES string of the molecule is O=C(NCc1ccn(C2CCCC2)n1)N1CCC(C2CCCO2)CC1. The largest absolute Gasteiger partial charge is 0.378 e. The topological polar surface area (TPSA) is 59.4 Å². The molecule has 1 atom stereocenters. The first-order valence-corrected chi connectivity index (χ1v) is 9.98. The predicted octanol–water partition coefficient (Wildman–Crippen LogP) is 3.10. The van der Waals surface area contributed by atoms with Gasteiger partial charge in [-0.1, -0.05) is 12.8 Å². The van der Waals surface area contributed by atoms with E-state index in [0.717, 1.165) is 38.2 Å². The van der Waals surface area contributed by atoms with Gasteiger partial charge in [0.2, 0.25) is 0 Å². The summed E-state index contributed by atoms with van der Waals surface area (Å²) in [6, 6.07) is 2.63. The van der Waals surface area contributed by atoms with Gasteiger partial charge in [0, 0.05) is 25.9 Å². The highest BCUT2D eigenvalue weighted by molar-refractivity contribution is 5.74. The molecule has 1 saturated carbocycles. The number of hydrogen-bond donors (Lipinski definition) is 1. The lowest BCUT2D eigenvalue weighted by molar-refractivity contribution is 0.0372. The molecular formula is C19H30N4O2. The second kappa shape index (κ2) is 7.77. The van der Waals surface area contributed by atoms with E-state index in [4.69, 9.17) is 4.74 Å². The zero-order chi connectivity index (χ0) is 17.1. The molecule has 2 amide bonds. The Labute approximate surface area is 149 Å². The third kappa shape index (κ3) is 4.00. The summed E-state index contributed by atoms with van der Waals surface area (Å²) < 4.78 is 7.89. The van der Waals surface area contributed by atoms with Crippen molar-refractivity contribution in [1.29, 1.82) is 0 Å². The minimum Gasteiger partial charge on any atom is -0.378 e. The second-order valence-corrected chi connectivity index (χ2v) is 7.76. The Bertz CT molecular complexity index is 568. The number of aromatic nitrogens is 2. The average Bonchev–Trinajstić information content (AvgIpc) is 3.42. The van der Waals surface area contributed by atoms with Gasteiger partial charge in [-0.25, -0.2) is 4.79 Å². The molecule has 0 spiro atoms. The molecular weight excluding hydrogens is 316 g/mol. The molecule has 3 fully saturated rings. The molecule has 3 heterocycles. The molecule has 0 bridgehead atoms. The summed E-state index contributed by atoms with van der Waals surface area (Å²) in [7, 11) is 0. The third-order valence-corrected chi connectivity index (χ3v) is 6.10. The van der Waals surface area contributed by atoms with E-state index in [1.165, 1.54) is 38.5 Å². The van der Waals surface area contributed by atoms with E-state index < -0.39 is 0 Å². The van der Waals surface area contributed by atoms with Crippen molar-refractivity contribution in [3.63, 3.8) is 0 Å². The van der Waals surface area contributed by atoms with Crippen molar-refractivity contribution in [3.8, 4) is 0 Å². The van der Waals surface area contributed by atoms with E-state index in [-0.39, 0.29) is 6.03 Å². The van der Waals surface area contributed by atoms with Crippen LogP contribution in [0.2, 0.25) is 0 Å². The number of nitrogens with zero attached hydrogens (tertiary/aromatic N) is 3. The van der Waals surface area contributed by atoms with E-state index in [0.29, 0.717) is 24.6 Å². The van der Waals surface area contributed by atoms with Crippen LogP contribution in [0.4, 0.5) is 4.79 Å².